The van der Waals surface area contributed by atoms with Crippen LogP contribution in [0.5, 0.6) is 5.75 Å². The average molecular weight is 457 g/mol. The largest absolute Gasteiger partial charge is 0.482 e. The van der Waals surface area contributed by atoms with Gasteiger partial charge in [0.15, 0.2) is 6.61 Å². The third-order valence-corrected chi connectivity index (χ3v) is 7.74. The Labute approximate surface area is 201 Å². The number of fused-ring (bicyclic) bond motifs is 3. The summed E-state index contributed by atoms with van der Waals surface area (Å²) in [4.78, 5) is 13.6. The zero-order chi connectivity index (χ0) is 23.5. The smallest absolute Gasteiger partial charge is 0.341 e. The van der Waals surface area contributed by atoms with Crippen molar-refractivity contribution >= 4 is 5.97 Å². The summed E-state index contributed by atoms with van der Waals surface area (Å²) < 4.78 is 5.66. The molecule has 5 heteroatoms. The minimum Gasteiger partial charge on any atom is -0.482 e. The first-order chi connectivity index (χ1) is 16.6. The molecule has 34 heavy (non-hydrogen) atoms. The molecule has 2 bridgehead atoms. The van der Waals surface area contributed by atoms with Crippen LogP contribution in [-0.2, 0) is 11.2 Å². The van der Waals surface area contributed by atoms with Crippen molar-refractivity contribution in [3.05, 3.63) is 102 Å². The van der Waals surface area contributed by atoms with Crippen LogP contribution in [0, 0.1) is 11.8 Å². The van der Waals surface area contributed by atoms with E-state index >= 15 is 0 Å². The highest BCUT2D eigenvalue weighted by Crippen LogP contribution is 2.51. The van der Waals surface area contributed by atoms with E-state index in [1.54, 1.807) is 0 Å². The molecule has 3 heterocycles. The van der Waals surface area contributed by atoms with E-state index in [9.17, 15) is 4.79 Å². The summed E-state index contributed by atoms with van der Waals surface area (Å²) in [5.74, 6) is 0.404. The normalized spacial score (nSPS) is 25.9. The lowest BCUT2D eigenvalue weighted by Crippen LogP contribution is -2.72. The number of carboxylic acids is 1. The highest BCUT2D eigenvalue weighted by molar-refractivity contribution is 5.68. The molecule has 0 amide bonds. The Morgan fingerprint density at radius 1 is 0.941 bits per heavy atom. The number of hydrogen-bond donors (Lipinski definition) is 2. The molecule has 3 aliphatic rings. The van der Waals surface area contributed by atoms with Crippen LogP contribution in [0.4, 0.5) is 0 Å². The molecule has 6 rings (SSSR count). The summed E-state index contributed by atoms with van der Waals surface area (Å²) in [6, 6.07) is 29.0. The van der Waals surface area contributed by atoms with Gasteiger partial charge in [0, 0.05) is 19.0 Å². The van der Waals surface area contributed by atoms with Gasteiger partial charge in [-0.1, -0.05) is 78.9 Å². The van der Waals surface area contributed by atoms with E-state index in [-0.39, 0.29) is 18.4 Å². The van der Waals surface area contributed by atoms with Crippen molar-refractivity contribution in [2.24, 2.45) is 17.6 Å². The summed E-state index contributed by atoms with van der Waals surface area (Å²) in [6.45, 7) is 1.66. The first-order valence-electron chi connectivity index (χ1n) is 12.1. The average Bonchev–Trinajstić information content (AvgIpc) is 2.87. The summed E-state index contributed by atoms with van der Waals surface area (Å²) in [5, 5.41) is 9.13. The van der Waals surface area contributed by atoms with Crippen LogP contribution in [0.3, 0.4) is 0 Å². The summed E-state index contributed by atoms with van der Waals surface area (Å²) in [6.07, 6.45) is 3.03. The Kier molecular flexibility index (Phi) is 6.40. The fourth-order valence-corrected chi connectivity index (χ4v) is 6.24. The number of benzene rings is 3. The quantitative estimate of drug-likeness (QED) is 0.521. The maximum atomic E-state index is 11.1. The minimum atomic E-state index is -0.973. The lowest BCUT2D eigenvalue weighted by molar-refractivity contribution is -0.139. The summed E-state index contributed by atoms with van der Waals surface area (Å²) in [7, 11) is 0. The van der Waals surface area contributed by atoms with Crippen molar-refractivity contribution < 1.29 is 14.6 Å². The first kappa shape index (κ1) is 22.6. The molecule has 3 aromatic carbocycles. The van der Waals surface area contributed by atoms with Gasteiger partial charge in [0.05, 0.1) is 5.66 Å². The minimum absolute atomic E-state index is 0.0232. The van der Waals surface area contributed by atoms with E-state index < -0.39 is 11.6 Å². The predicted octanol–water partition coefficient (Wildman–Crippen LogP) is 4.52. The van der Waals surface area contributed by atoms with E-state index in [0.717, 1.165) is 37.9 Å². The van der Waals surface area contributed by atoms with Gasteiger partial charge in [-0.2, -0.15) is 0 Å². The second-order valence-corrected chi connectivity index (χ2v) is 9.57. The lowest BCUT2D eigenvalue weighted by atomic mass is 9.61. The van der Waals surface area contributed by atoms with Crippen LogP contribution in [-0.4, -0.2) is 41.3 Å². The predicted molar refractivity (Wildman–Crippen MR) is 133 cm³/mol. The maximum absolute atomic E-state index is 11.1. The van der Waals surface area contributed by atoms with E-state index in [1.165, 1.54) is 11.1 Å². The Morgan fingerprint density at radius 2 is 1.50 bits per heavy atom. The molecule has 2 atom stereocenters. The molecule has 3 aromatic rings. The molecule has 0 radical (unpaired) electrons. The van der Waals surface area contributed by atoms with Crippen molar-refractivity contribution in [3.8, 4) is 5.75 Å². The van der Waals surface area contributed by atoms with Crippen molar-refractivity contribution in [1.82, 2.24) is 4.90 Å². The number of para-hydroxylation sites is 1. The molecule has 3 fully saturated rings. The highest BCUT2D eigenvalue weighted by Gasteiger charge is 2.55. The van der Waals surface area contributed by atoms with Crippen LogP contribution >= 0.6 is 0 Å². The van der Waals surface area contributed by atoms with E-state index in [1.807, 2.05) is 18.2 Å². The van der Waals surface area contributed by atoms with Gasteiger partial charge in [0.2, 0.25) is 0 Å². The summed E-state index contributed by atoms with van der Waals surface area (Å²) in [5.41, 5.74) is 10.5. The van der Waals surface area contributed by atoms with Crippen molar-refractivity contribution in [2.75, 3.05) is 19.7 Å². The van der Waals surface area contributed by atoms with Crippen LogP contribution in [0.15, 0.2) is 84.9 Å². The van der Waals surface area contributed by atoms with Crippen molar-refractivity contribution in [1.29, 1.82) is 0 Å². The van der Waals surface area contributed by atoms with Gasteiger partial charge in [-0.25, -0.2) is 4.79 Å². The number of piperidine rings is 3. The van der Waals surface area contributed by atoms with Gasteiger partial charge in [0.1, 0.15) is 5.75 Å². The summed E-state index contributed by atoms with van der Waals surface area (Å²) >= 11 is 0. The molecule has 3 saturated heterocycles. The fraction of sp³-hybridized carbons (Fsp3) is 0.345. The van der Waals surface area contributed by atoms with E-state index in [4.69, 9.17) is 15.6 Å². The number of rotatable bonds is 8. The van der Waals surface area contributed by atoms with Gasteiger partial charge in [-0.05, 0) is 53.9 Å². The molecular formula is C29H32N2O3. The number of carbonyl (C=O) groups is 1. The van der Waals surface area contributed by atoms with Crippen molar-refractivity contribution in [2.45, 2.75) is 30.8 Å². The van der Waals surface area contributed by atoms with Gasteiger partial charge < -0.3 is 15.6 Å². The fourth-order valence-electron chi connectivity index (χ4n) is 6.24. The van der Waals surface area contributed by atoms with Crippen LogP contribution in [0.25, 0.3) is 0 Å². The van der Waals surface area contributed by atoms with Crippen LogP contribution in [0.1, 0.15) is 35.4 Å². The molecule has 0 aromatic heterocycles. The van der Waals surface area contributed by atoms with Crippen LogP contribution < -0.4 is 10.5 Å². The van der Waals surface area contributed by atoms with Gasteiger partial charge in [-0.3, -0.25) is 4.90 Å². The zero-order valence-electron chi connectivity index (χ0n) is 19.3. The maximum Gasteiger partial charge on any atom is 0.341 e. The standard InChI is InChI=1S/C29H32N2O3/c30-29(28(22-9-3-1-4-10-22)23-11-5-2-6-12-23)25(21-15-17-31(29)18-16-21)19-24-13-7-8-14-26(24)34-20-27(32)33/h1-14,21,25,28H,15-20,30H2,(H,32,33)/t25?,29-/m0/s1. The van der Waals surface area contributed by atoms with Crippen LogP contribution in [0.2, 0.25) is 0 Å². The third-order valence-electron chi connectivity index (χ3n) is 7.74. The number of hydrogen-bond acceptors (Lipinski definition) is 4. The number of nitrogens with zero attached hydrogens (tertiary/aromatic N) is 1. The van der Waals surface area contributed by atoms with Gasteiger partial charge >= 0.3 is 5.97 Å². The molecule has 0 spiro atoms. The second-order valence-electron chi connectivity index (χ2n) is 9.57. The third kappa shape index (κ3) is 4.22. The molecule has 176 valence electrons. The Balaban J connectivity index is 1.58. The van der Waals surface area contributed by atoms with Gasteiger partial charge in [-0.15, -0.1) is 0 Å². The second kappa shape index (κ2) is 9.61. The number of aliphatic carboxylic acids is 1. The molecule has 5 nitrogen and oxygen atoms in total. The number of ether oxygens (including phenoxy) is 1. The molecule has 3 aliphatic heterocycles. The Bertz CT molecular complexity index is 1070. The molecular weight excluding hydrogens is 424 g/mol. The monoisotopic (exact) mass is 456 g/mol. The highest BCUT2D eigenvalue weighted by atomic mass is 16.5. The van der Waals surface area contributed by atoms with Gasteiger partial charge in [0.25, 0.3) is 0 Å². The molecule has 0 saturated carbocycles. The van der Waals surface area contributed by atoms with Crippen molar-refractivity contribution in [3.63, 3.8) is 0 Å². The number of nitrogens with two attached hydrogens (primary N) is 1. The molecule has 1 unspecified atom stereocenters. The number of carboxylic acid groups (broad SMARTS) is 1. The Morgan fingerprint density at radius 3 is 2.09 bits per heavy atom. The van der Waals surface area contributed by atoms with E-state index in [2.05, 4.69) is 71.6 Å². The first-order valence-corrected chi connectivity index (χ1v) is 12.1. The van der Waals surface area contributed by atoms with E-state index in [0.29, 0.717) is 11.7 Å². The zero-order valence-corrected chi connectivity index (χ0v) is 19.3. The Hall–Kier alpha value is -3.15. The lowest BCUT2D eigenvalue weighted by Gasteiger charge is -2.61. The molecule has 0 aliphatic carbocycles. The topological polar surface area (TPSA) is 75.8 Å². The SMILES string of the molecule is N[C@@]1(C(c2ccccc2)c2ccccc2)C(Cc2ccccc2OCC(=O)O)C2CCN1CC2. The molecule has 3 N–H and O–H groups in total.